The SMILES string of the molecule is CCN1CCN(c2cc3nc(C(=O)C4(C)CCOCC4)[nH]c3cc2Cl)C(C)C1. The molecular formula is C21H29ClN4O2. The molecule has 152 valence electrons. The van der Waals surface area contributed by atoms with Crippen LogP contribution >= 0.6 is 11.6 Å². The number of piperazine rings is 1. The summed E-state index contributed by atoms with van der Waals surface area (Å²) in [5.41, 5.74) is 2.19. The van der Waals surface area contributed by atoms with Crippen molar-refractivity contribution in [1.82, 2.24) is 14.9 Å². The molecule has 0 amide bonds. The van der Waals surface area contributed by atoms with Gasteiger partial charge in [0.2, 0.25) is 5.78 Å². The minimum atomic E-state index is -0.413. The number of hydrogen-bond acceptors (Lipinski definition) is 5. The van der Waals surface area contributed by atoms with Gasteiger partial charge in [0.15, 0.2) is 5.82 Å². The molecular weight excluding hydrogens is 376 g/mol. The van der Waals surface area contributed by atoms with Crippen LogP contribution in [0.3, 0.4) is 0 Å². The van der Waals surface area contributed by atoms with E-state index in [1.54, 1.807) is 0 Å². The van der Waals surface area contributed by atoms with E-state index in [-0.39, 0.29) is 5.78 Å². The maximum atomic E-state index is 13.1. The summed E-state index contributed by atoms with van der Waals surface area (Å²) in [6.45, 7) is 11.7. The van der Waals surface area contributed by atoms with Gasteiger partial charge in [-0.1, -0.05) is 25.4 Å². The number of imidazole rings is 1. The van der Waals surface area contributed by atoms with Crippen molar-refractivity contribution in [2.75, 3.05) is 44.3 Å². The van der Waals surface area contributed by atoms with Crippen molar-refractivity contribution in [2.45, 2.75) is 39.7 Å². The van der Waals surface area contributed by atoms with E-state index in [4.69, 9.17) is 16.3 Å². The van der Waals surface area contributed by atoms with Gasteiger partial charge in [0, 0.05) is 44.3 Å². The number of aromatic nitrogens is 2. The fraction of sp³-hybridized carbons (Fsp3) is 0.619. The lowest BCUT2D eigenvalue weighted by Gasteiger charge is -2.41. The first kappa shape index (κ1) is 19.7. The predicted octanol–water partition coefficient (Wildman–Crippen LogP) is 3.75. The lowest BCUT2D eigenvalue weighted by atomic mass is 9.78. The Labute approximate surface area is 171 Å². The third kappa shape index (κ3) is 3.53. The van der Waals surface area contributed by atoms with Crippen LogP contribution in [0.5, 0.6) is 0 Å². The zero-order valence-corrected chi connectivity index (χ0v) is 17.7. The summed E-state index contributed by atoms with van der Waals surface area (Å²) < 4.78 is 5.42. The highest BCUT2D eigenvalue weighted by atomic mass is 35.5. The van der Waals surface area contributed by atoms with Crippen LogP contribution in [0, 0.1) is 5.41 Å². The van der Waals surface area contributed by atoms with E-state index in [0.29, 0.717) is 30.1 Å². The Hall–Kier alpha value is -1.63. The van der Waals surface area contributed by atoms with Crippen LogP contribution in [0.4, 0.5) is 5.69 Å². The summed E-state index contributed by atoms with van der Waals surface area (Å²) >= 11 is 6.63. The predicted molar refractivity (Wildman–Crippen MR) is 113 cm³/mol. The molecule has 0 radical (unpaired) electrons. The van der Waals surface area contributed by atoms with E-state index in [9.17, 15) is 4.79 Å². The molecule has 1 N–H and O–H groups in total. The topological polar surface area (TPSA) is 61.5 Å². The highest BCUT2D eigenvalue weighted by Gasteiger charge is 2.37. The molecule has 2 saturated heterocycles. The molecule has 6 nitrogen and oxygen atoms in total. The van der Waals surface area contributed by atoms with Gasteiger partial charge in [0.25, 0.3) is 0 Å². The molecule has 0 bridgehead atoms. The van der Waals surface area contributed by atoms with Gasteiger partial charge in [0.05, 0.1) is 21.7 Å². The molecule has 0 spiro atoms. The normalized spacial score (nSPS) is 23.3. The molecule has 1 aromatic carbocycles. The van der Waals surface area contributed by atoms with Gasteiger partial charge in [-0.15, -0.1) is 0 Å². The Balaban J connectivity index is 1.63. The average molecular weight is 405 g/mol. The number of anilines is 1. The Morgan fingerprint density at radius 3 is 2.79 bits per heavy atom. The summed E-state index contributed by atoms with van der Waals surface area (Å²) in [6.07, 6.45) is 1.46. The molecule has 2 aliphatic heterocycles. The van der Waals surface area contributed by atoms with E-state index < -0.39 is 5.41 Å². The van der Waals surface area contributed by atoms with E-state index in [1.807, 2.05) is 19.1 Å². The summed E-state index contributed by atoms with van der Waals surface area (Å²) in [7, 11) is 0. The molecule has 2 aromatic rings. The van der Waals surface area contributed by atoms with Crippen LogP contribution in [0.25, 0.3) is 11.0 Å². The maximum absolute atomic E-state index is 13.1. The van der Waals surface area contributed by atoms with Crippen molar-refractivity contribution in [3.05, 3.63) is 23.0 Å². The summed E-state index contributed by atoms with van der Waals surface area (Å²) in [5, 5.41) is 0.698. The molecule has 4 rings (SSSR count). The van der Waals surface area contributed by atoms with Gasteiger partial charge < -0.3 is 14.6 Å². The number of Topliss-reactive ketones (excluding diaryl/α,β-unsaturated/α-hetero) is 1. The number of carbonyl (C=O) groups excluding carboxylic acids is 1. The van der Waals surface area contributed by atoms with Crippen molar-refractivity contribution in [3.63, 3.8) is 0 Å². The number of nitrogens with zero attached hydrogens (tertiary/aromatic N) is 3. The van der Waals surface area contributed by atoms with E-state index in [1.165, 1.54) is 0 Å². The molecule has 1 unspecified atom stereocenters. The lowest BCUT2D eigenvalue weighted by molar-refractivity contribution is 0.0230. The lowest BCUT2D eigenvalue weighted by Crippen LogP contribution is -2.51. The molecule has 7 heteroatoms. The Bertz CT molecular complexity index is 875. The van der Waals surface area contributed by atoms with Crippen molar-refractivity contribution >= 4 is 34.1 Å². The van der Waals surface area contributed by atoms with Crippen LogP contribution in [-0.4, -0.2) is 66.1 Å². The van der Waals surface area contributed by atoms with Crippen LogP contribution < -0.4 is 4.90 Å². The highest BCUT2D eigenvalue weighted by molar-refractivity contribution is 6.34. The number of carbonyl (C=O) groups is 1. The first-order valence-corrected chi connectivity index (χ1v) is 10.6. The zero-order valence-electron chi connectivity index (χ0n) is 16.9. The standard InChI is InChI=1S/C21H29ClN4O2/c1-4-25-7-8-26(14(2)13-25)18-12-17-16(11-15(18)22)23-20(24-17)19(27)21(3)5-9-28-10-6-21/h11-12,14H,4-10,13H2,1-3H3,(H,23,24). The van der Waals surface area contributed by atoms with Crippen LogP contribution in [0.15, 0.2) is 12.1 Å². The van der Waals surface area contributed by atoms with Crippen LogP contribution in [-0.2, 0) is 4.74 Å². The minimum absolute atomic E-state index is 0.0644. The Morgan fingerprint density at radius 1 is 1.36 bits per heavy atom. The first-order valence-electron chi connectivity index (χ1n) is 10.2. The number of ether oxygens (including phenoxy) is 1. The van der Waals surface area contributed by atoms with Gasteiger partial charge in [-0.2, -0.15) is 0 Å². The Morgan fingerprint density at radius 2 is 2.11 bits per heavy atom. The molecule has 0 saturated carbocycles. The third-order valence-corrected chi connectivity index (χ3v) is 6.68. The second kappa shape index (κ2) is 7.65. The molecule has 28 heavy (non-hydrogen) atoms. The van der Waals surface area contributed by atoms with Gasteiger partial charge in [-0.25, -0.2) is 4.98 Å². The maximum Gasteiger partial charge on any atom is 0.204 e. The molecule has 1 aromatic heterocycles. The van der Waals surface area contributed by atoms with Gasteiger partial charge in [0.1, 0.15) is 0 Å². The van der Waals surface area contributed by atoms with E-state index >= 15 is 0 Å². The average Bonchev–Trinajstić information content (AvgIpc) is 3.10. The third-order valence-electron chi connectivity index (χ3n) is 6.38. The number of benzene rings is 1. The number of nitrogens with one attached hydrogen (secondary N) is 1. The van der Waals surface area contributed by atoms with Gasteiger partial charge >= 0.3 is 0 Å². The summed E-state index contributed by atoms with van der Waals surface area (Å²) in [4.78, 5) is 25.7. The van der Waals surface area contributed by atoms with E-state index in [0.717, 1.165) is 55.7 Å². The number of rotatable bonds is 4. The molecule has 1 atom stereocenters. The van der Waals surface area contributed by atoms with Crippen molar-refractivity contribution in [3.8, 4) is 0 Å². The molecule has 3 heterocycles. The largest absolute Gasteiger partial charge is 0.381 e. The first-order chi connectivity index (χ1) is 13.4. The smallest absolute Gasteiger partial charge is 0.204 e. The Kier molecular flexibility index (Phi) is 5.38. The number of fused-ring (bicyclic) bond motifs is 1. The van der Waals surface area contributed by atoms with E-state index in [2.05, 4.69) is 33.6 Å². The van der Waals surface area contributed by atoms with Gasteiger partial charge in [-0.3, -0.25) is 9.69 Å². The zero-order chi connectivity index (χ0) is 19.9. The number of hydrogen-bond donors (Lipinski definition) is 1. The fourth-order valence-corrected chi connectivity index (χ4v) is 4.63. The monoisotopic (exact) mass is 404 g/mol. The molecule has 2 aliphatic rings. The van der Waals surface area contributed by atoms with Crippen LogP contribution in [0.1, 0.15) is 44.2 Å². The summed E-state index contributed by atoms with van der Waals surface area (Å²) in [6, 6.07) is 4.31. The quantitative estimate of drug-likeness (QED) is 0.786. The van der Waals surface area contributed by atoms with Crippen molar-refractivity contribution in [1.29, 1.82) is 0 Å². The number of ketones is 1. The molecule has 2 fully saturated rings. The summed E-state index contributed by atoms with van der Waals surface area (Å²) in [5.74, 6) is 0.492. The second-order valence-electron chi connectivity index (χ2n) is 8.34. The minimum Gasteiger partial charge on any atom is -0.381 e. The van der Waals surface area contributed by atoms with Gasteiger partial charge in [-0.05, 0) is 38.4 Å². The highest BCUT2D eigenvalue weighted by Crippen LogP contribution is 2.35. The van der Waals surface area contributed by atoms with Crippen molar-refractivity contribution < 1.29 is 9.53 Å². The fourth-order valence-electron chi connectivity index (χ4n) is 4.36. The number of H-pyrrole nitrogens is 1. The number of halogens is 1. The van der Waals surface area contributed by atoms with Crippen molar-refractivity contribution in [2.24, 2.45) is 5.41 Å². The number of aromatic amines is 1. The second-order valence-corrected chi connectivity index (χ2v) is 8.75. The molecule has 0 aliphatic carbocycles. The van der Waals surface area contributed by atoms with Crippen LogP contribution in [0.2, 0.25) is 5.02 Å². The number of likely N-dealkylation sites (N-methyl/N-ethyl adjacent to an activating group) is 1.